The minimum Gasteiger partial charge on any atom is -0.333 e. The summed E-state index contributed by atoms with van der Waals surface area (Å²) in [5.74, 6) is -0.00783. The lowest BCUT2D eigenvalue weighted by Gasteiger charge is -2.33. The molecule has 0 saturated heterocycles. The Kier molecular flexibility index (Phi) is 4.89. The Morgan fingerprint density at radius 3 is 2.77 bits per heavy atom. The molecule has 4 aromatic rings. The van der Waals surface area contributed by atoms with Crippen molar-refractivity contribution < 1.29 is 4.79 Å². The largest absolute Gasteiger partial charge is 0.333 e. The molecule has 0 fully saturated rings. The van der Waals surface area contributed by atoms with Crippen LogP contribution in [0, 0.1) is 0 Å². The molecule has 0 radical (unpaired) electrons. The van der Waals surface area contributed by atoms with Crippen molar-refractivity contribution in [3.8, 4) is 11.1 Å². The van der Waals surface area contributed by atoms with Gasteiger partial charge in [0.25, 0.3) is 0 Å². The summed E-state index contributed by atoms with van der Waals surface area (Å²) in [5.41, 5.74) is 5.67. The minimum atomic E-state index is -0.0537. The first-order valence-corrected chi connectivity index (χ1v) is 11.0. The highest BCUT2D eigenvalue weighted by Crippen LogP contribution is 2.43. The van der Waals surface area contributed by atoms with Crippen LogP contribution in [0.1, 0.15) is 21.9 Å². The highest BCUT2D eigenvalue weighted by molar-refractivity contribution is 7.16. The Bertz CT molecular complexity index is 1270. The minimum absolute atomic E-state index is 0.0459. The second-order valence-electron chi connectivity index (χ2n) is 7.37. The van der Waals surface area contributed by atoms with Crippen molar-refractivity contribution in [2.24, 2.45) is 0 Å². The molecule has 0 aliphatic carbocycles. The van der Waals surface area contributed by atoms with Gasteiger partial charge >= 0.3 is 0 Å². The Morgan fingerprint density at radius 2 is 1.90 bits per heavy atom. The van der Waals surface area contributed by atoms with Crippen LogP contribution >= 0.6 is 22.9 Å². The van der Waals surface area contributed by atoms with E-state index in [1.165, 1.54) is 17.2 Å². The normalized spacial score (nSPS) is 15.8. The number of carbonyl (C=O) groups is 1. The van der Waals surface area contributed by atoms with Crippen LogP contribution < -0.4 is 0 Å². The number of para-hydroxylation sites is 1. The maximum Gasteiger partial charge on any atom is 0.246 e. The van der Waals surface area contributed by atoms with E-state index in [1.807, 2.05) is 29.3 Å². The molecule has 1 atom stereocenters. The van der Waals surface area contributed by atoms with E-state index in [4.69, 9.17) is 11.6 Å². The number of amides is 1. The van der Waals surface area contributed by atoms with Crippen LogP contribution in [-0.2, 0) is 11.3 Å². The summed E-state index contributed by atoms with van der Waals surface area (Å²) < 4.78 is 0.754. The van der Waals surface area contributed by atoms with E-state index in [0.717, 1.165) is 31.2 Å². The van der Waals surface area contributed by atoms with Crippen molar-refractivity contribution in [3.63, 3.8) is 0 Å². The molecule has 1 aliphatic heterocycles. The molecule has 2 aromatic carbocycles. The smallest absolute Gasteiger partial charge is 0.246 e. The topological polar surface area (TPSA) is 33.2 Å². The van der Waals surface area contributed by atoms with Gasteiger partial charge in [0.2, 0.25) is 5.91 Å². The highest BCUT2D eigenvalue weighted by atomic mass is 35.5. The van der Waals surface area contributed by atoms with Gasteiger partial charge in [0.15, 0.2) is 0 Å². The molecule has 3 heterocycles. The van der Waals surface area contributed by atoms with E-state index in [2.05, 4.69) is 54.0 Å². The SMILES string of the molecule is C=CC(=O)N1Cc2sc(Cl)cc2C(c2ccccc2-c2ccnc3ccccc23)C1. The van der Waals surface area contributed by atoms with Crippen LogP contribution in [0.2, 0.25) is 4.34 Å². The molecule has 0 bridgehead atoms. The van der Waals surface area contributed by atoms with Gasteiger partial charge in [0.05, 0.1) is 16.4 Å². The molecule has 0 saturated carbocycles. The van der Waals surface area contributed by atoms with Gasteiger partial charge in [0.1, 0.15) is 0 Å². The molecule has 30 heavy (non-hydrogen) atoms. The van der Waals surface area contributed by atoms with Gasteiger partial charge in [-0.25, -0.2) is 0 Å². The molecule has 0 N–H and O–H groups in total. The maximum atomic E-state index is 12.5. The number of thiophene rings is 1. The third-order valence-corrected chi connectivity index (χ3v) is 6.95. The molecular formula is C25H19ClN2OS. The van der Waals surface area contributed by atoms with Crippen molar-refractivity contribution in [1.29, 1.82) is 0 Å². The van der Waals surface area contributed by atoms with Crippen LogP contribution in [-0.4, -0.2) is 22.3 Å². The zero-order valence-electron chi connectivity index (χ0n) is 16.2. The van der Waals surface area contributed by atoms with Crippen molar-refractivity contribution in [2.75, 3.05) is 6.54 Å². The number of pyridine rings is 1. The summed E-state index contributed by atoms with van der Waals surface area (Å²) in [6, 6.07) is 20.7. The summed E-state index contributed by atoms with van der Waals surface area (Å²) in [4.78, 5) is 20.0. The first kappa shape index (κ1) is 19.0. The zero-order valence-corrected chi connectivity index (χ0v) is 17.8. The molecule has 1 unspecified atom stereocenters. The van der Waals surface area contributed by atoms with Gasteiger partial charge in [-0.05, 0) is 46.5 Å². The van der Waals surface area contributed by atoms with Crippen molar-refractivity contribution in [3.05, 3.63) is 99.9 Å². The van der Waals surface area contributed by atoms with Gasteiger partial charge in [-0.3, -0.25) is 9.78 Å². The molecule has 1 amide bonds. The maximum absolute atomic E-state index is 12.5. The van der Waals surface area contributed by atoms with Crippen molar-refractivity contribution in [1.82, 2.24) is 9.88 Å². The van der Waals surface area contributed by atoms with Crippen LogP contribution in [0.5, 0.6) is 0 Å². The lowest BCUT2D eigenvalue weighted by Crippen LogP contribution is -2.37. The van der Waals surface area contributed by atoms with Crippen LogP contribution in [0.25, 0.3) is 22.0 Å². The van der Waals surface area contributed by atoms with Crippen molar-refractivity contribution >= 4 is 39.7 Å². The van der Waals surface area contributed by atoms with Gasteiger partial charge < -0.3 is 4.90 Å². The van der Waals surface area contributed by atoms with Crippen molar-refractivity contribution in [2.45, 2.75) is 12.5 Å². The molecule has 2 aromatic heterocycles. The first-order valence-electron chi connectivity index (χ1n) is 9.78. The van der Waals surface area contributed by atoms with Gasteiger partial charge in [-0.2, -0.15) is 0 Å². The molecule has 1 aliphatic rings. The van der Waals surface area contributed by atoms with E-state index >= 15 is 0 Å². The molecule has 5 heteroatoms. The highest BCUT2D eigenvalue weighted by Gasteiger charge is 2.31. The number of aromatic nitrogens is 1. The Hall–Kier alpha value is -2.95. The summed E-state index contributed by atoms with van der Waals surface area (Å²) in [7, 11) is 0. The lowest BCUT2D eigenvalue weighted by atomic mass is 9.83. The van der Waals surface area contributed by atoms with E-state index < -0.39 is 0 Å². The van der Waals surface area contributed by atoms with E-state index in [9.17, 15) is 4.79 Å². The standard InChI is InChI=1S/C25H19ClN2OS/c1-2-25(29)28-14-21(20-13-24(26)30-23(20)15-28)17-8-4-3-7-16(17)18-11-12-27-22-10-6-5-9-19(18)22/h2-13,21H,1,14-15H2. The Balaban J connectivity index is 1.70. The average molecular weight is 431 g/mol. The third kappa shape index (κ3) is 3.22. The van der Waals surface area contributed by atoms with E-state index in [1.54, 1.807) is 11.3 Å². The summed E-state index contributed by atoms with van der Waals surface area (Å²) >= 11 is 7.94. The molecule has 3 nitrogen and oxygen atoms in total. The number of hydrogen-bond acceptors (Lipinski definition) is 3. The lowest BCUT2D eigenvalue weighted by molar-refractivity contribution is -0.127. The van der Waals surface area contributed by atoms with Crippen LogP contribution in [0.15, 0.2) is 79.5 Å². The zero-order chi connectivity index (χ0) is 20.7. The predicted octanol–water partition coefficient (Wildman–Crippen LogP) is 6.28. The monoisotopic (exact) mass is 430 g/mol. The van der Waals surface area contributed by atoms with Crippen LogP contribution in [0.4, 0.5) is 0 Å². The number of fused-ring (bicyclic) bond motifs is 2. The number of carbonyl (C=O) groups excluding carboxylic acids is 1. The summed E-state index contributed by atoms with van der Waals surface area (Å²) in [6.07, 6.45) is 3.25. The Morgan fingerprint density at radius 1 is 1.10 bits per heavy atom. The fourth-order valence-corrected chi connectivity index (χ4v) is 5.68. The van der Waals surface area contributed by atoms with E-state index in [-0.39, 0.29) is 11.8 Å². The molecular weight excluding hydrogens is 412 g/mol. The molecule has 5 rings (SSSR count). The number of hydrogen-bond donors (Lipinski definition) is 0. The average Bonchev–Trinajstić information content (AvgIpc) is 3.17. The van der Waals surface area contributed by atoms with Gasteiger partial charge in [-0.15, -0.1) is 11.3 Å². The number of rotatable bonds is 3. The van der Waals surface area contributed by atoms with Gasteiger partial charge in [-0.1, -0.05) is 60.6 Å². The summed E-state index contributed by atoms with van der Waals surface area (Å²) in [6.45, 7) is 4.85. The predicted molar refractivity (Wildman–Crippen MR) is 124 cm³/mol. The van der Waals surface area contributed by atoms with Gasteiger partial charge in [0, 0.05) is 28.9 Å². The number of halogens is 1. The third-order valence-electron chi connectivity index (χ3n) is 5.69. The number of nitrogens with zero attached hydrogens (tertiary/aromatic N) is 2. The second-order valence-corrected chi connectivity index (χ2v) is 9.14. The fraction of sp³-hybridized carbons (Fsp3) is 0.120. The fourth-order valence-electron chi connectivity index (χ4n) is 4.32. The first-order chi connectivity index (χ1) is 14.7. The van der Waals surface area contributed by atoms with Crippen LogP contribution in [0.3, 0.4) is 0 Å². The Labute approximate surface area is 184 Å². The molecule has 0 spiro atoms. The second kappa shape index (κ2) is 7.71. The quantitative estimate of drug-likeness (QED) is 0.358. The summed E-state index contributed by atoms with van der Waals surface area (Å²) in [5, 5.41) is 1.12. The molecule has 148 valence electrons. The van der Waals surface area contributed by atoms with E-state index in [0.29, 0.717) is 13.1 Å². The number of benzene rings is 2.